The molecule has 0 saturated heterocycles. The zero-order valence-electron chi connectivity index (χ0n) is 8.30. The topological polar surface area (TPSA) is 46.2 Å². The van der Waals surface area contributed by atoms with Crippen molar-refractivity contribution in [1.29, 1.82) is 0 Å². The van der Waals surface area contributed by atoms with E-state index in [-0.39, 0.29) is 6.07 Å². The van der Waals surface area contributed by atoms with Crippen molar-refractivity contribution in [3.05, 3.63) is 29.8 Å². The van der Waals surface area contributed by atoms with Gasteiger partial charge in [-0.05, 0) is 18.2 Å². The molecular formula is C8H5F6NO2S. The minimum atomic E-state index is -5.73. The number of nitrogens with one attached hydrogen (secondary N) is 1. The van der Waals surface area contributed by atoms with Gasteiger partial charge in [0.2, 0.25) is 0 Å². The number of hydrogen-bond donors (Lipinski definition) is 1. The summed E-state index contributed by atoms with van der Waals surface area (Å²) < 4.78 is 95.0. The van der Waals surface area contributed by atoms with Gasteiger partial charge in [0.1, 0.15) is 0 Å². The van der Waals surface area contributed by atoms with Crippen LogP contribution in [-0.2, 0) is 16.2 Å². The number of alkyl halides is 6. The van der Waals surface area contributed by atoms with Gasteiger partial charge in [0.25, 0.3) is 0 Å². The first-order valence-electron chi connectivity index (χ1n) is 4.20. The molecule has 1 N–H and O–H groups in total. The molecule has 0 heterocycles. The van der Waals surface area contributed by atoms with Crippen molar-refractivity contribution >= 4 is 15.7 Å². The van der Waals surface area contributed by atoms with E-state index in [9.17, 15) is 34.8 Å². The first-order valence-corrected chi connectivity index (χ1v) is 5.68. The van der Waals surface area contributed by atoms with Gasteiger partial charge in [-0.3, -0.25) is 4.72 Å². The van der Waals surface area contributed by atoms with Crippen molar-refractivity contribution in [3.63, 3.8) is 0 Å². The maximum atomic E-state index is 12.2. The molecular weight excluding hydrogens is 288 g/mol. The Morgan fingerprint density at radius 3 is 2.00 bits per heavy atom. The highest BCUT2D eigenvalue weighted by atomic mass is 32.2. The number of halogens is 6. The first-order chi connectivity index (χ1) is 7.93. The van der Waals surface area contributed by atoms with Crippen LogP contribution in [0.5, 0.6) is 0 Å². The van der Waals surface area contributed by atoms with Gasteiger partial charge in [0.15, 0.2) is 0 Å². The maximum absolute atomic E-state index is 12.2. The van der Waals surface area contributed by atoms with Crippen LogP contribution in [-0.4, -0.2) is 13.9 Å². The standard InChI is InChI=1S/C8H5F6NO2S/c9-7(10,11)5-2-1-3-6(4-5)15-18(16,17)8(12,13)14/h1-4,15H. The normalized spacial score (nSPS) is 13.4. The molecule has 10 heteroatoms. The Morgan fingerprint density at radius 2 is 1.56 bits per heavy atom. The summed E-state index contributed by atoms with van der Waals surface area (Å²) in [7, 11) is -5.73. The molecule has 0 aliphatic carbocycles. The molecule has 102 valence electrons. The van der Waals surface area contributed by atoms with Crippen LogP contribution in [0.25, 0.3) is 0 Å². The maximum Gasteiger partial charge on any atom is 0.516 e. The van der Waals surface area contributed by atoms with Crippen LogP contribution in [0, 0.1) is 0 Å². The fourth-order valence-electron chi connectivity index (χ4n) is 0.972. The minimum Gasteiger partial charge on any atom is -0.276 e. The lowest BCUT2D eigenvalue weighted by Gasteiger charge is -2.12. The summed E-state index contributed by atoms with van der Waals surface area (Å²) in [4.78, 5) is 0. The molecule has 0 aliphatic rings. The lowest BCUT2D eigenvalue weighted by Crippen LogP contribution is -2.30. The molecule has 1 aromatic carbocycles. The average Bonchev–Trinajstić information content (AvgIpc) is 2.14. The zero-order chi connectivity index (χ0) is 14.2. The van der Waals surface area contributed by atoms with E-state index in [4.69, 9.17) is 0 Å². The summed E-state index contributed by atoms with van der Waals surface area (Å²) >= 11 is 0. The summed E-state index contributed by atoms with van der Waals surface area (Å²) in [5.74, 6) is 0. The Bertz CT molecular complexity index is 533. The van der Waals surface area contributed by atoms with E-state index in [2.05, 4.69) is 0 Å². The van der Waals surface area contributed by atoms with Crippen LogP contribution < -0.4 is 4.72 Å². The van der Waals surface area contributed by atoms with Gasteiger partial charge in [-0.1, -0.05) is 6.07 Å². The molecule has 0 amide bonds. The largest absolute Gasteiger partial charge is 0.516 e. The molecule has 18 heavy (non-hydrogen) atoms. The Morgan fingerprint density at radius 1 is 1.00 bits per heavy atom. The molecule has 0 spiro atoms. The number of hydrogen-bond acceptors (Lipinski definition) is 2. The monoisotopic (exact) mass is 293 g/mol. The smallest absolute Gasteiger partial charge is 0.276 e. The molecule has 1 aromatic rings. The Balaban J connectivity index is 3.08. The predicted octanol–water partition coefficient (Wildman–Crippen LogP) is 2.97. The van der Waals surface area contributed by atoms with Gasteiger partial charge in [0.05, 0.1) is 5.56 Å². The van der Waals surface area contributed by atoms with E-state index < -0.39 is 33.0 Å². The van der Waals surface area contributed by atoms with Crippen molar-refractivity contribution in [2.24, 2.45) is 0 Å². The lowest BCUT2D eigenvalue weighted by atomic mass is 10.2. The van der Waals surface area contributed by atoms with Crippen LogP contribution in [0.3, 0.4) is 0 Å². The Labute approximate surface area is 97.5 Å². The second-order valence-corrected chi connectivity index (χ2v) is 4.80. The van der Waals surface area contributed by atoms with Crippen LogP contribution in [0.2, 0.25) is 0 Å². The van der Waals surface area contributed by atoms with E-state index in [0.29, 0.717) is 6.07 Å². The third-order valence-electron chi connectivity index (χ3n) is 1.75. The molecule has 0 atom stereocenters. The third kappa shape index (κ3) is 3.28. The summed E-state index contributed by atoms with van der Waals surface area (Å²) in [6, 6.07) is 2.43. The van der Waals surface area contributed by atoms with Crippen LogP contribution in [0.15, 0.2) is 24.3 Å². The predicted molar refractivity (Wildman–Crippen MR) is 50.0 cm³/mol. The average molecular weight is 293 g/mol. The van der Waals surface area contributed by atoms with Gasteiger partial charge in [-0.25, -0.2) is 0 Å². The lowest BCUT2D eigenvalue weighted by molar-refractivity contribution is -0.137. The van der Waals surface area contributed by atoms with E-state index in [0.717, 1.165) is 16.9 Å². The summed E-state index contributed by atoms with van der Waals surface area (Å²) in [6.45, 7) is 0. The molecule has 0 radical (unpaired) electrons. The molecule has 0 bridgehead atoms. The minimum absolute atomic E-state index is 0.267. The highest BCUT2D eigenvalue weighted by molar-refractivity contribution is 7.93. The van der Waals surface area contributed by atoms with Gasteiger partial charge in [0, 0.05) is 5.69 Å². The number of rotatable bonds is 2. The molecule has 0 aliphatic heterocycles. The van der Waals surface area contributed by atoms with Crippen molar-refractivity contribution in [2.45, 2.75) is 11.7 Å². The number of sulfonamides is 1. The van der Waals surface area contributed by atoms with Gasteiger partial charge >= 0.3 is 21.7 Å². The molecule has 0 unspecified atom stereocenters. The van der Waals surface area contributed by atoms with Crippen molar-refractivity contribution in [3.8, 4) is 0 Å². The Hall–Kier alpha value is -1.45. The fraction of sp³-hybridized carbons (Fsp3) is 0.250. The third-order valence-corrected chi connectivity index (χ3v) is 2.86. The van der Waals surface area contributed by atoms with Crippen molar-refractivity contribution in [2.75, 3.05) is 4.72 Å². The van der Waals surface area contributed by atoms with Gasteiger partial charge in [-0.2, -0.15) is 34.8 Å². The SMILES string of the molecule is O=S(=O)(Nc1cccc(C(F)(F)F)c1)C(F)(F)F. The Kier molecular flexibility index (Phi) is 3.52. The van der Waals surface area contributed by atoms with E-state index in [1.807, 2.05) is 0 Å². The van der Waals surface area contributed by atoms with E-state index >= 15 is 0 Å². The van der Waals surface area contributed by atoms with Gasteiger partial charge in [-0.15, -0.1) is 0 Å². The van der Waals surface area contributed by atoms with Crippen LogP contribution >= 0.6 is 0 Å². The van der Waals surface area contributed by atoms with Gasteiger partial charge < -0.3 is 0 Å². The zero-order valence-corrected chi connectivity index (χ0v) is 9.12. The first kappa shape index (κ1) is 14.6. The molecule has 3 nitrogen and oxygen atoms in total. The quantitative estimate of drug-likeness (QED) is 0.852. The summed E-state index contributed by atoms with van der Waals surface area (Å²) in [6.07, 6.45) is -4.78. The highest BCUT2D eigenvalue weighted by Crippen LogP contribution is 2.32. The molecule has 0 saturated carbocycles. The number of anilines is 1. The van der Waals surface area contributed by atoms with E-state index in [1.165, 1.54) is 0 Å². The van der Waals surface area contributed by atoms with Crippen LogP contribution in [0.1, 0.15) is 5.56 Å². The highest BCUT2D eigenvalue weighted by Gasteiger charge is 2.46. The van der Waals surface area contributed by atoms with E-state index in [1.54, 1.807) is 0 Å². The van der Waals surface area contributed by atoms with Crippen molar-refractivity contribution in [1.82, 2.24) is 0 Å². The molecule has 0 aromatic heterocycles. The fourth-order valence-corrected chi connectivity index (χ4v) is 1.53. The van der Waals surface area contributed by atoms with Crippen LogP contribution in [0.4, 0.5) is 32.0 Å². The molecule has 1 rings (SSSR count). The second-order valence-electron chi connectivity index (χ2n) is 3.13. The second kappa shape index (κ2) is 4.34. The number of benzene rings is 1. The molecule has 0 fully saturated rings. The summed E-state index contributed by atoms with van der Waals surface area (Å²) in [5.41, 5.74) is -7.67. The van der Waals surface area contributed by atoms with Crippen molar-refractivity contribution < 1.29 is 34.8 Å². The summed E-state index contributed by atoms with van der Waals surface area (Å²) in [5, 5.41) is 0.